The van der Waals surface area contributed by atoms with Crippen LogP contribution >= 0.6 is 15.9 Å². The van der Waals surface area contributed by atoms with E-state index in [0.717, 1.165) is 30.5 Å². The van der Waals surface area contributed by atoms with Crippen molar-refractivity contribution in [1.29, 1.82) is 0 Å². The van der Waals surface area contributed by atoms with E-state index in [0.29, 0.717) is 12.1 Å². The molecule has 0 fully saturated rings. The molecule has 0 spiro atoms. The number of phenols is 1. The van der Waals surface area contributed by atoms with E-state index in [4.69, 9.17) is 0 Å². The molecule has 0 saturated heterocycles. The van der Waals surface area contributed by atoms with Crippen LogP contribution in [0, 0.1) is 0 Å². The minimum absolute atomic E-state index is 0.00411. The topological polar surface area (TPSA) is 52.6 Å². The molecule has 0 saturated carbocycles. The summed E-state index contributed by atoms with van der Waals surface area (Å²) in [6.07, 6.45) is 0.905. The van der Waals surface area contributed by atoms with E-state index in [2.05, 4.69) is 40.0 Å². The van der Waals surface area contributed by atoms with Gasteiger partial charge in [0.15, 0.2) is 0 Å². The van der Waals surface area contributed by atoms with Gasteiger partial charge in [-0.2, -0.15) is 0 Å². The smallest absolute Gasteiger partial charge is 0.255 e. The van der Waals surface area contributed by atoms with E-state index >= 15 is 0 Å². The summed E-state index contributed by atoms with van der Waals surface area (Å²) >= 11 is 3.29. The Hall–Kier alpha value is -1.07. The summed E-state index contributed by atoms with van der Waals surface area (Å²) in [5.74, 6) is -0.234. The molecule has 2 N–H and O–H groups in total. The summed E-state index contributed by atoms with van der Waals surface area (Å²) in [4.78, 5) is 14.2. The van der Waals surface area contributed by atoms with Crippen LogP contribution in [0.25, 0.3) is 0 Å². The van der Waals surface area contributed by atoms with Gasteiger partial charge >= 0.3 is 0 Å². The van der Waals surface area contributed by atoms with Gasteiger partial charge in [-0.05, 0) is 44.3 Å². The third-order valence-corrected chi connectivity index (χ3v) is 3.53. The van der Waals surface area contributed by atoms with Crippen molar-refractivity contribution < 1.29 is 9.90 Å². The monoisotopic (exact) mass is 328 g/mol. The summed E-state index contributed by atoms with van der Waals surface area (Å²) in [6, 6.07) is 4.83. The highest BCUT2D eigenvalue weighted by atomic mass is 79.9. The predicted molar refractivity (Wildman–Crippen MR) is 80.5 cm³/mol. The Morgan fingerprint density at radius 1 is 1.37 bits per heavy atom. The number of benzene rings is 1. The van der Waals surface area contributed by atoms with Gasteiger partial charge in [-0.3, -0.25) is 4.79 Å². The average Bonchev–Trinajstić information content (AvgIpc) is 2.41. The zero-order chi connectivity index (χ0) is 14.3. The van der Waals surface area contributed by atoms with Crippen LogP contribution in [0.1, 0.15) is 30.6 Å². The van der Waals surface area contributed by atoms with Gasteiger partial charge in [0.05, 0.1) is 5.56 Å². The summed E-state index contributed by atoms with van der Waals surface area (Å²) in [5.41, 5.74) is 0.303. The van der Waals surface area contributed by atoms with Gasteiger partial charge in [-0.15, -0.1) is 0 Å². The van der Waals surface area contributed by atoms with Gasteiger partial charge in [-0.1, -0.05) is 29.8 Å². The van der Waals surface area contributed by atoms with Crippen LogP contribution in [-0.4, -0.2) is 42.1 Å². The highest BCUT2D eigenvalue weighted by Gasteiger charge is 2.10. The third-order valence-electron chi connectivity index (χ3n) is 3.03. The first-order valence-electron chi connectivity index (χ1n) is 6.57. The molecule has 0 heterocycles. The number of nitrogens with zero attached hydrogens (tertiary/aromatic N) is 1. The number of halogens is 1. The van der Waals surface area contributed by atoms with Crippen molar-refractivity contribution in [2.24, 2.45) is 0 Å². The highest BCUT2D eigenvalue weighted by molar-refractivity contribution is 9.10. The Balaban J connectivity index is 2.41. The molecule has 0 unspecified atom stereocenters. The zero-order valence-electron chi connectivity index (χ0n) is 11.4. The number of aromatic hydroxyl groups is 1. The number of amides is 1. The number of phenolic OH excluding ortho intramolecular Hbond substituents is 1. The van der Waals surface area contributed by atoms with Crippen molar-refractivity contribution in [2.75, 3.05) is 26.2 Å². The van der Waals surface area contributed by atoms with Crippen molar-refractivity contribution in [3.8, 4) is 5.75 Å². The fraction of sp³-hybridized carbons (Fsp3) is 0.500. The third kappa shape index (κ3) is 5.20. The van der Waals surface area contributed by atoms with Crippen molar-refractivity contribution in [2.45, 2.75) is 20.3 Å². The maximum Gasteiger partial charge on any atom is 0.255 e. The van der Waals surface area contributed by atoms with Crippen molar-refractivity contribution in [3.05, 3.63) is 28.2 Å². The molecule has 5 heteroatoms. The maximum absolute atomic E-state index is 11.9. The van der Waals surface area contributed by atoms with Gasteiger partial charge in [0.2, 0.25) is 0 Å². The first kappa shape index (κ1) is 16.0. The number of nitrogens with one attached hydrogen (secondary N) is 1. The summed E-state index contributed by atoms with van der Waals surface area (Å²) in [7, 11) is 0. The summed E-state index contributed by atoms with van der Waals surface area (Å²) in [5, 5.41) is 12.5. The van der Waals surface area contributed by atoms with Crippen LogP contribution in [0.2, 0.25) is 0 Å². The summed E-state index contributed by atoms with van der Waals surface area (Å²) in [6.45, 7) is 7.88. The lowest BCUT2D eigenvalue weighted by atomic mass is 10.2. The molecular formula is C14H21BrN2O2. The maximum atomic E-state index is 11.9. The van der Waals surface area contributed by atoms with E-state index in [1.54, 1.807) is 12.1 Å². The van der Waals surface area contributed by atoms with Crippen molar-refractivity contribution >= 4 is 21.8 Å². The molecule has 0 aliphatic heterocycles. The fourth-order valence-electron chi connectivity index (χ4n) is 1.83. The Labute approximate surface area is 122 Å². The molecule has 0 atom stereocenters. The van der Waals surface area contributed by atoms with E-state index in [9.17, 15) is 9.90 Å². The molecule has 106 valence electrons. The van der Waals surface area contributed by atoms with Crippen LogP contribution < -0.4 is 5.32 Å². The number of hydrogen-bond acceptors (Lipinski definition) is 3. The first-order chi connectivity index (χ1) is 9.08. The first-order valence-corrected chi connectivity index (χ1v) is 7.36. The van der Waals surface area contributed by atoms with Crippen LogP contribution in [0.5, 0.6) is 5.75 Å². The molecule has 0 bridgehead atoms. The summed E-state index contributed by atoms with van der Waals surface area (Å²) < 4.78 is 0.776. The van der Waals surface area contributed by atoms with Gasteiger partial charge in [0.1, 0.15) is 5.75 Å². The van der Waals surface area contributed by atoms with E-state index < -0.39 is 0 Å². The van der Waals surface area contributed by atoms with Crippen molar-refractivity contribution in [1.82, 2.24) is 10.2 Å². The van der Waals surface area contributed by atoms with Gasteiger partial charge < -0.3 is 15.3 Å². The minimum Gasteiger partial charge on any atom is -0.507 e. The molecular weight excluding hydrogens is 308 g/mol. The SMILES string of the molecule is CCN(CC)CCCNC(=O)c1cc(Br)ccc1O. The van der Waals surface area contributed by atoms with E-state index in [1.807, 2.05) is 0 Å². The van der Waals surface area contributed by atoms with Crippen LogP contribution in [0.3, 0.4) is 0 Å². The minimum atomic E-state index is -0.238. The van der Waals surface area contributed by atoms with Crippen molar-refractivity contribution in [3.63, 3.8) is 0 Å². The number of carbonyl (C=O) groups is 1. The lowest BCUT2D eigenvalue weighted by Crippen LogP contribution is -2.29. The van der Waals surface area contributed by atoms with E-state index in [-0.39, 0.29) is 11.7 Å². The lowest BCUT2D eigenvalue weighted by Gasteiger charge is -2.17. The Kier molecular flexibility index (Phi) is 6.87. The zero-order valence-corrected chi connectivity index (χ0v) is 13.0. The van der Waals surface area contributed by atoms with Gasteiger partial charge in [0, 0.05) is 11.0 Å². The molecule has 1 aromatic carbocycles. The Bertz CT molecular complexity index is 420. The molecule has 0 aromatic heterocycles. The molecule has 19 heavy (non-hydrogen) atoms. The standard InChI is InChI=1S/C14H21BrN2O2/c1-3-17(4-2)9-5-8-16-14(19)12-10-11(15)6-7-13(12)18/h6-7,10,18H,3-5,8-9H2,1-2H3,(H,16,19). The molecule has 1 rings (SSSR count). The number of rotatable bonds is 7. The highest BCUT2D eigenvalue weighted by Crippen LogP contribution is 2.21. The van der Waals surface area contributed by atoms with Gasteiger partial charge in [0.25, 0.3) is 5.91 Å². The second-order valence-corrected chi connectivity index (χ2v) is 5.21. The van der Waals surface area contributed by atoms with Crippen LogP contribution in [-0.2, 0) is 0 Å². The molecule has 1 aromatic rings. The fourth-order valence-corrected chi connectivity index (χ4v) is 2.19. The largest absolute Gasteiger partial charge is 0.507 e. The molecule has 1 amide bonds. The number of carbonyl (C=O) groups excluding carboxylic acids is 1. The molecule has 0 radical (unpaired) electrons. The Morgan fingerprint density at radius 3 is 2.68 bits per heavy atom. The predicted octanol–water partition coefficient (Wildman–Crippen LogP) is 2.62. The van der Waals surface area contributed by atoms with Crippen LogP contribution in [0.15, 0.2) is 22.7 Å². The molecule has 0 aliphatic rings. The molecule has 0 aliphatic carbocycles. The van der Waals surface area contributed by atoms with Crippen LogP contribution in [0.4, 0.5) is 0 Å². The second kappa shape index (κ2) is 8.17. The average molecular weight is 329 g/mol. The quantitative estimate of drug-likeness (QED) is 0.756. The molecule has 4 nitrogen and oxygen atoms in total. The number of hydrogen-bond donors (Lipinski definition) is 2. The van der Waals surface area contributed by atoms with E-state index in [1.165, 1.54) is 6.07 Å². The van der Waals surface area contributed by atoms with Gasteiger partial charge in [-0.25, -0.2) is 0 Å². The normalized spacial score (nSPS) is 10.7. The second-order valence-electron chi connectivity index (χ2n) is 4.30. The lowest BCUT2D eigenvalue weighted by molar-refractivity contribution is 0.0949. The Morgan fingerprint density at radius 2 is 2.05 bits per heavy atom.